The number of carbonyl (C=O) groups is 1. The zero-order chi connectivity index (χ0) is 18.0. The molecule has 24 heavy (non-hydrogen) atoms. The third-order valence-corrected chi connectivity index (χ3v) is 2.92. The van der Waals surface area contributed by atoms with Crippen molar-refractivity contribution >= 4 is 5.91 Å². The Balaban J connectivity index is 2.75. The van der Waals surface area contributed by atoms with E-state index in [1.165, 1.54) is 17.0 Å². The fraction of sp³-hybridized carbons (Fsp3) is 0.500. The smallest absolute Gasteiger partial charge is 0.336 e. The zero-order valence-electron chi connectivity index (χ0n) is 13.0. The Hall–Kier alpha value is -2.29. The first-order chi connectivity index (χ1) is 11.4. The normalized spacial score (nSPS) is 11.0. The second-order valence-electron chi connectivity index (χ2n) is 4.63. The molecule has 0 atom stereocenters. The van der Waals surface area contributed by atoms with Crippen molar-refractivity contribution in [1.82, 2.24) is 4.90 Å². The van der Waals surface area contributed by atoms with E-state index in [1.54, 1.807) is 6.92 Å². The standard InChI is InChI=1S/C14H17F3N4O3/c1-2-23-24-8-7-21(13(22)9-19-20-18)10-11-3-5-12(6-4-11)14(15,16)17/h3-6H,2,7-10H2,1H3. The van der Waals surface area contributed by atoms with Gasteiger partial charge in [-0.15, -0.1) is 0 Å². The minimum absolute atomic E-state index is 0.0629. The Labute approximate surface area is 136 Å². The molecule has 0 radical (unpaired) electrons. The van der Waals surface area contributed by atoms with E-state index in [1.807, 2.05) is 0 Å². The molecular formula is C14H17F3N4O3. The highest BCUT2D eigenvalue weighted by molar-refractivity contribution is 5.78. The molecule has 1 rings (SSSR count). The highest BCUT2D eigenvalue weighted by atomic mass is 19.4. The number of nitrogens with zero attached hydrogens (tertiary/aromatic N) is 4. The van der Waals surface area contributed by atoms with E-state index in [-0.39, 0.29) is 26.2 Å². The number of hydrogen-bond acceptors (Lipinski definition) is 4. The summed E-state index contributed by atoms with van der Waals surface area (Å²) in [6.45, 7) is 1.97. The maximum Gasteiger partial charge on any atom is 0.416 e. The average Bonchev–Trinajstić information content (AvgIpc) is 2.55. The van der Waals surface area contributed by atoms with Crippen LogP contribution >= 0.6 is 0 Å². The van der Waals surface area contributed by atoms with Gasteiger partial charge in [0, 0.05) is 18.0 Å². The van der Waals surface area contributed by atoms with E-state index in [4.69, 9.17) is 15.3 Å². The first kappa shape index (κ1) is 19.8. The lowest BCUT2D eigenvalue weighted by atomic mass is 10.1. The van der Waals surface area contributed by atoms with Crippen LogP contribution in [0.2, 0.25) is 0 Å². The van der Waals surface area contributed by atoms with Crippen LogP contribution in [0.25, 0.3) is 10.4 Å². The highest BCUT2D eigenvalue weighted by Crippen LogP contribution is 2.29. The van der Waals surface area contributed by atoms with Crippen molar-refractivity contribution in [1.29, 1.82) is 0 Å². The monoisotopic (exact) mass is 346 g/mol. The summed E-state index contributed by atoms with van der Waals surface area (Å²) in [5.41, 5.74) is 8.02. The molecule has 0 aromatic heterocycles. The van der Waals surface area contributed by atoms with E-state index in [0.29, 0.717) is 12.2 Å². The lowest BCUT2D eigenvalue weighted by molar-refractivity contribution is -0.291. The van der Waals surface area contributed by atoms with Gasteiger partial charge in [-0.25, -0.2) is 9.78 Å². The predicted octanol–water partition coefficient (Wildman–Crippen LogP) is 3.31. The molecule has 7 nitrogen and oxygen atoms in total. The van der Waals surface area contributed by atoms with Crippen LogP contribution in [-0.4, -0.2) is 37.1 Å². The largest absolute Gasteiger partial charge is 0.416 e. The number of halogens is 3. The zero-order valence-corrected chi connectivity index (χ0v) is 13.0. The van der Waals surface area contributed by atoms with E-state index in [9.17, 15) is 18.0 Å². The van der Waals surface area contributed by atoms with E-state index in [2.05, 4.69) is 10.0 Å². The van der Waals surface area contributed by atoms with Crippen LogP contribution in [-0.2, 0) is 27.3 Å². The van der Waals surface area contributed by atoms with Crippen molar-refractivity contribution in [3.8, 4) is 0 Å². The molecule has 0 heterocycles. The summed E-state index contributed by atoms with van der Waals surface area (Å²) < 4.78 is 37.6. The van der Waals surface area contributed by atoms with Gasteiger partial charge >= 0.3 is 6.18 Å². The Morgan fingerprint density at radius 3 is 2.50 bits per heavy atom. The summed E-state index contributed by atoms with van der Waals surface area (Å²) in [7, 11) is 0. The van der Waals surface area contributed by atoms with Gasteiger partial charge in [0.05, 0.1) is 18.8 Å². The van der Waals surface area contributed by atoms with Crippen molar-refractivity contribution in [2.75, 3.05) is 26.3 Å². The number of rotatable bonds is 9. The van der Waals surface area contributed by atoms with Gasteiger partial charge in [-0.05, 0) is 30.2 Å². The van der Waals surface area contributed by atoms with Crippen molar-refractivity contribution < 1.29 is 27.7 Å². The van der Waals surface area contributed by atoms with Gasteiger partial charge in [0.25, 0.3) is 0 Å². The Bertz CT molecular complexity index is 572. The summed E-state index contributed by atoms with van der Waals surface area (Å²) in [5, 5.41) is 3.19. The van der Waals surface area contributed by atoms with Gasteiger partial charge < -0.3 is 4.90 Å². The molecule has 0 spiro atoms. The van der Waals surface area contributed by atoms with Crippen LogP contribution < -0.4 is 0 Å². The SMILES string of the molecule is CCOOCCN(Cc1ccc(C(F)(F)F)cc1)C(=O)CN=[N+]=[N-]. The van der Waals surface area contributed by atoms with Crippen LogP contribution in [0.3, 0.4) is 0 Å². The molecule has 1 aromatic carbocycles. The van der Waals surface area contributed by atoms with Crippen LogP contribution in [0, 0.1) is 0 Å². The molecular weight excluding hydrogens is 329 g/mol. The van der Waals surface area contributed by atoms with Crippen LogP contribution in [0.15, 0.2) is 29.4 Å². The molecule has 0 saturated heterocycles. The quantitative estimate of drug-likeness (QED) is 0.172. The fourth-order valence-corrected chi connectivity index (χ4v) is 1.79. The third-order valence-electron chi connectivity index (χ3n) is 2.92. The third kappa shape index (κ3) is 6.86. The molecule has 0 bridgehead atoms. The second-order valence-corrected chi connectivity index (χ2v) is 4.63. The van der Waals surface area contributed by atoms with Gasteiger partial charge in [-0.1, -0.05) is 17.2 Å². The molecule has 0 N–H and O–H groups in total. The first-order valence-electron chi connectivity index (χ1n) is 7.07. The Morgan fingerprint density at radius 1 is 1.29 bits per heavy atom. The number of hydrogen-bond donors (Lipinski definition) is 0. The van der Waals surface area contributed by atoms with Crippen molar-refractivity contribution in [2.45, 2.75) is 19.6 Å². The molecule has 132 valence electrons. The van der Waals surface area contributed by atoms with Crippen LogP contribution in [0.1, 0.15) is 18.1 Å². The first-order valence-corrected chi connectivity index (χ1v) is 7.07. The van der Waals surface area contributed by atoms with E-state index in [0.717, 1.165) is 12.1 Å². The highest BCUT2D eigenvalue weighted by Gasteiger charge is 2.30. The minimum Gasteiger partial charge on any atom is -0.336 e. The van der Waals surface area contributed by atoms with Crippen molar-refractivity contribution in [3.63, 3.8) is 0 Å². The molecule has 0 aliphatic rings. The molecule has 1 amide bonds. The summed E-state index contributed by atoms with van der Waals surface area (Å²) in [4.78, 5) is 25.3. The number of azide groups is 1. The lowest BCUT2D eigenvalue weighted by Gasteiger charge is -2.22. The maximum atomic E-state index is 12.5. The minimum atomic E-state index is -4.42. The molecule has 10 heteroatoms. The van der Waals surface area contributed by atoms with E-state index < -0.39 is 17.6 Å². The summed E-state index contributed by atoms with van der Waals surface area (Å²) in [6.07, 6.45) is -4.42. The molecule has 1 aromatic rings. The molecule has 0 fully saturated rings. The van der Waals surface area contributed by atoms with Gasteiger partial charge in [0.1, 0.15) is 6.54 Å². The van der Waals surface area contributed by atoms with Gasteiger partial charge in [0.2, 0.25) is 5.91 Å². The fourth-order valence-electron chi connectivity index (χ4n) is 1.79. The van der Waals surface area contributed by atoms with Crippen LogP contribution in [0.5, 0.6) is 0 Å². The topological polar surface area (TPSA) is 87.5 Å². The van der Waals surface area contributed by atoms with Crippen molar-refractivity contribution in [2.24, 2.45) is 5.11 Å². The molecule has 0 aliphatic heterocycles. The molecule has 0 unspecified atom stereocenters. The molecule has 0 aliphatic carbocycles. The second kappa shape index (κ2) is 9.76. The van der Waals surface area contributed by atoms with Gasteiger partial charge in [-0.3, -0.25) is 4.79 Å². The molecule has 0 saturated carbocycles. The number of alkyl halides is 3. The van der Waals surface area contributed by atoms with E-state index >= 15 is 0 Å². The van der Waals surface area contributed by atoms with Crippen LogP contribution in [0.4, 0.5) is 13.2 Å². The summed E-state index contributed by atoms with van der Waals surface area (Å²) in [6, 6.07) is 4.48. The predicted molar refractivity (Wildman–Crippen MR) is 78.5 cm³/mol. The number of carbonyl (C=O) groups excluding carboxylic acids is 1. The summed E-state index contributed by atoms with van der Waals surface area (Å²) in [5.74, 6) is -0.465. The summed E-state index contributed by atoms with van der Waals surface area (Å²) >= 11 is 0. The Morgan fingerprint density at radius 2 is 1.96 bits per heavy atom. The number of amides is 1. The van der Waals surface area contributed by atoms with Gasteiger partial charge in [-0.2, -0.15) is 13.2 Å². The Kier molecular flexibility index (Phi) is 8.03. The average molecular weight is 346 g/mol. The maximum absolute atomic E-state index is 12.5. The van der Waals surface area contributed by atoms with Crippen molar-refractivity contribution in [3.05, 3.63) is 45.8 Å². The lowest BCUT2D eigenvalue weighted by Crippen LogP contribution is -2.35. The van der Waals surface area contributed by atoms with Gasteiger partial charge in [0.15, 0.2) is 0 Å². The number of benzene rings is 1.